The summed E-state index contributed by atoms with van der Waals surface area (Å²) in [6.45, 7) is 13.4. The van der Waals surface area contributed by atoms with Gasteiger partial charge >= 0.3 is 5.69 Å². The van der Waals surface area contributed by atoms with Crippen LogP contribution < -0.4 is 26.0 Å². The van der Waals surface area contributed by atoms with Gasteiger partial charge in [0.15, 0.2) is 5.82 Å². The molecule has 0 saturated carbocycles. The number of nitrogens with one attached hydrogen (secondary N) is 3. The van der Waals surface area contributed by atoms with E-state index < -0.39 is 5.69 Å². The van der Waals surface area contributed by atoms with Crippen molar-refractivity contribution in [2.75, 3.05) is 89.1 Å². The van der Waals surface area contributed by atoms with Crippen molar-refractivity contribution >= 4 is 34.2 Å². The average Bonchev–Trinajstić information content (AvgIpc) is 3.74. The lowest BCUT2D eigenvalue weighted by Gasteiger charge is -2.44. The van der Waals surface area contributed by atoms with Crippen LogP contribution >= 0.6 is 0 Å². The predicted molar refractivity (Wildman–Crippen MR) is 260 cm³/mol. The highest BCUT2D eigenvalue weighted by atomic mass is 16.5. The number of carbonyl (C=O) groups is 2. The molecule has 1 fully saturated rings. The second kappa shape index (κ2) is 22.1. The standard InChI is InChI=1S/C50H58N10O9/c1-4-47(65)58-18-16-57(17-19-58)43-31-59(42-26-35(61)25-33-7-5-6-8-37(33)42)30-41-40(43)29-53-49(54-41)52-14-13-46(64)51-15-20-67-21-22-68-23-24-69-36-11-9-34(10-12-36)60-48(55-56-50(60)66)39-27-38(32(2)3)44(62)28-45(39)63/h4-12,25-29,32,43,61-63H,1,13-24,30-31H2,2-3H3,(H,51,64)(H,56,66)(H,52,53,54). The lowest BCUT2D eigenvalue weighted by atomic mass is 9.97. The minimum Gasteiger partial charge on any atom is -0.508 e. The minimum atomic E-state index is -0.488. The maximum Gasteiger partial charge on any atom is 0.348 e. The van der Waals surface area contributed by atoms with E-state index in [0.717, 1.165) is 27.7 Å². The number of piperazine rings is 1. The predicted octanol–water partition coefficient (Wildman–Crippen LogP) is 4.83. The third-order valence-corrected chi connectivity index (χ3v) is 12.2. The van der Waals surface area contributed by atoms with Gasteiger partial charge in [-0.15, -0.1) is 0 Å². The number of phenolic OH excluding ortho intramolecular Hbond substituents is 3. The van der Waals surface area contributed by atoms with E-state index in [2.05, 4.69) is 48.3 Å². The molecule has 1 unspecified atom stereocenters. The number of phenols is 3. The van der Waals surface area contributed by atoms with E-state index in [-0.39, 0.29) is 59.9 Å². The summed E-state index contributed by atoms with van der Waals surface area (Å²) in [6.07, 6.45) is 3.42. The van der Waals surface area contributed by atoms with Crippen LogP contribution in [0.3, 0.4) is 0 Å². The molecular formula is C50H58N10O9. The number of rotatable bonds is 20. The number of benzene rings is 4. The molecule has 1 saturated heterocycles. The van der Waals surface area contributed by atoms with Gasteiger partial charge in [-0.2, -0.15) is 5.10 Å². The lowest BCUT2D eigenvalue weighted by Crippen LogP contribution is -2.52. The van der Waals surface area contributed by atoms with Gasteiger partial charge in [0.25, 0.3) is 0 Å². The molecule has 4 heterocycles. The molecule has 69 heavy (non-hydrogen) atoms. The van der Waals surface area contributed by atoms with Crippen molar-refractivity contribution < 1.29 is 39.1 Å². The number of carbonyl (C=O) groups excluding carboxylic acids is 2. The van der Waals surface area contributed by atoms with Gasteiger partial charge in [0.2, 0.25) is 17.8 Å². The molecule has 2 aliphatic heterocycles. The van der Waals surface area contributed by atoms with Crippen LogP contribution in [0.1, 0.15) is 49.0 Å². The average molecular weight is 943 g/mol. The van der Waals surface area contributed by atoms with Gasteiger partial charge in [-0.1, -0.05) is 44.7 Å². The molecule has 19 heteroatoms. The number of hydrogen-bond donors (Lipinski definition) is 6. The first-order chi connectivity index (χ1) is 33.5. The van der Waals surface area contributed by atoms with Crippen molar-refractivity contribution in [1.29, 1.82) is 0 Å². The highest BCUT2D eigenvalue weighted by Gasteiger charge is 2.34. The molecule has 6 aromatic rings. The third kappa shape index (κ3) is 11.5. The number of anilines is 2. The van der Waals surface area contributed by atoms with E-state index in [9.17, 15) is 29.7 Å². The zero-order valence-corrected chi connectivity index (χ0v) is 38.8. The Kier molecular flexibility index (Phi) is 15.4. The third-order valence-electron chi connectivity index (χ3n) is 12.2. The Morgan fingerprint density at radius 3 is 2.43 bits per heavy atom. The van der Waals surface area contributed by atoms with Crippen LogP contribution in [-0.4, -0.2) is 141 Å². The molecule has 362 valence electrons. The number of amides is 2. The minimum absolute atomic E-state index is 0.0220. The Labute approximate surface area is 399 Å². The first-order valence-electron chi connectivity index (χ1n) is 23.1. The van der Waals surface area contributed by atoms with Gasteiger partial charge in [-0.25, -0.2) is 24.4 Å². The molecule has 0 radical (unpaired) electrons. The number of aromatic hydroxyl groups is 3. The summed E-state index contributed by atoms with van der Waals surface area (Å²) >= 11 is 0. The monoisotopic (exact) mass is 942 g/mol. The molecule has 4 aromatic carbocycles. The zero-order valence-electron chi connectivity index (χ0n) is 38.8. The largest absolute Gasteiger partial charge is 0.508 e. The number of nitrogens with zero attached hydrogens (tertiary/aromatic N) is 7. The molecule has 0 spiro atoms. The van der Waals surface area contributed by atoms with E-state index in [1.165, 1.54) is 16.7 Å². The van der Waals surface area contributed by atoms with E-state index in [4.69, 9.17) is 19.2 Å². The van der Waals surface area contributed by atoms with Crippen molar-refractivity contribution in [3.05, 3.63) is 119 Å². The van der Waals surface area contributed by atoms with Crippen molar-refractivity contribution in [2.45, 2.75) is 38.8 Å². The second-order valence-electron chi connectivity index (χ2n) is 17.1. The summed E-state index contributed by atoms with van der Waals surface area (Å²) < 4.78 is 18.4. The molecule has 0 aliphatic carbocycles. The molecule has 8 rings (SSSR count). The normalized spacial score (nSPS) is 15.0. The topological polar surface area (TPSA) is 233 Å². The number of ether oxygens (including phenoxy) is 3. The van der Waals surface area contributed by atoms with Gasteiger partial charge in [0, 0.05) is 87.2 Å². The summed E-state index contributed by atoms with van der Waals surface area (Å²) in [4.78, 5) is 53.7. The molecule has 19 nitrogen and oxygen atoms in total. The van der Waals surface area contributed by atoms with Gasteiger partial charge in [0.1, 0.15) is 29.6 Å². The maximum atomic E-state index is 12.7. The number of fused-ring (bicyclic) bond motifs is 2. The van der Waals surface area contributed by atoms with Crippen LogP contribution in [-0.2, 0) is 25.6 Å². The molecule has 1 atom stereocenters. The smallest absolute Gasteiger partial charge is 0.348 e. The lowest BCUT2D eigenvalue weighted by molar-refractivity contribution is -0.128. The number of aromatic amines is 1. The second-order valence-corrected chi connectivity index (χ2v) is 17.1. The molecule has 2 amide bonds. The van der Waals surface area contributed by atoms with Crippen molar-refractivity contribution in [3.8, 4) is 40.1 Å². The molecule has 0 bridgehead atoms. The highest BCUT2D eigenvalue weighted by Crippen LogP contribution is 2.39. The van der Waals surface area contributed by atoms with Gasteiger partial charge in [0.05, 0.1) is 56.0 Å². The summed E-state index contributed by atoms with van der Waals surface area (Å²) in [5, 5.41) is 46.2. The van der Waals surface area contributed by atoms with Crippen molar-refractivity contribution in [3.63, 3.8) is 0 Å². The van der Waals surface area contributed by atoms with Crippen molar-refractivity contribution in [1.82, 2.24) is 39.8 Å². The Morgan fingerprint density at radius 2 is 1.67 bits per heavy atom. The highest BCUT2D eigenvalue weighted by molar-refractivity contribution is 5.95. The molecule has 2 aromatic heterocycles. The summed E-state index contributed by atoms with van der Waals surface area (Å²) in [5.41, 5.74) is 3.71. The maximum absolute atomic E-state index is 12.7. The first-order valence-corrected chi connectivity index (χ1v) is 23.1. The van der Waals surface area contributed by atoms with Gasteiger partial charge < -0.3 is 50.0 Å². The van der Waals surface area contributed by atoms with Crippen LogP contribution in [0.15, 0.2) is 96.4 Å². The fourth-order valence-corrected chi connectivity index (χ4v) is 8.71. The number of H-pyrrole nitrogens is 1. The summed E-state index contributed by atoms with van der Waals surface area (Å²) in [7, 11) is 0. The first kappa shape index (κ1) is 48.0. The number of aromatic nitrogens is 5. The Balaban J connectivity index is 0.744. The SMILES string of the molecule is C=CC(=O)N1CCN(C2CN(c3cc(O)cc4ccccc34)Cc3nc(NCCC(=O)NCCOCCOCCOc4ccc(-n5c(-c6cc(C(C)C)c(O)cc6O)n[nH]c5=O)cc4)ncc32)CC1. The zero-order chi connectivity index (χ0) is 48.4. The van der Waals surface area contributed by atoms with E-state index in [1.807, 2.05) is 43.1 Å². The van der Waals surface area contributed by atoms with Crippen LogP contribution in [0.5, 0.6) is 23.0 Å². The van der Waals surface area contributed by atoms with Gasteiger partial charge in [-0.3, -0.25) is 14.5 Å². The Hall–Kier alpha value is -7.48. The van der Waals surface area contributed by atoms with Crippen LogP contribution in [0.4, 0.5) is 11.6 Å². The fourth-order valence-electron chi connectivity index (χ4n) is 8.71. The van der Waals surface area contributed by atoms with Crippen LogP contribution in [0.2, 0.25) is 0 Å². The molecule has 6 N–H and O–H groups in total. The van der Waals surface area contributed by atoms with E-state index in [0.29, 0.717) is 107 Å². The summed E-state index contributed by atoms with van der Waals surface area (Å²) in [6, 6.07) is 21.2. The Morgan fingerprint density at radius 1 is 0.913 bits per heavy atom. The molecule has 2 aliphatic rings. The Bertz CT molecular complexity index is 2820. The van der Waals surface area contributed by atoms with Gasteiger partial charge in [-0.05, 0) is 59.3 Å². The number of hydrogen-bond acceptors (Lipinski definition) is 15. The fraction of sp³-hybridized carbons (Fsp3) is 0.360. The van der Waals surface area contributed by atoms with Crippen LogP contribution in [0, 0.1) is 0 Å². The van der Waals surface area contributed by atoms with E-state index >= 15 is 0 Å². The quantitative estimate of drug-likeness (QED) is 0.0445. The van der Waals surface area contributed by atoms with E-state index in [1.54, 1.807) is 42.5 Å². The van der Waals surface area contributed by atoms with Crippen molar-refractivity contribution in [2.24, 2.45) is 0 Å². The van der Waals surface area contributed by atoms with Crippen LogP contribution in [0.25, 0.3) is 27.8 Å². The molecular weight excluding hydrogens is 885 g/mol. The summed E-state index contributed by atoms with van der Waals surface area (Å²) in [5.74, 6) is 0.905.